The molecule has 3 N–H and O–H groups in total. The highest BCUT2D eigenvalue weighted by Crippen LogP contribution is 2.38. The lowest BCUT2D eigenvalue weighted by molar-refractivity contribution is -0.112. The Balaban J connectivity index is 1.73. The number of imidazole rings is 1. The van der Waals surface area contributed by atoms with Gasteiger partial charge in [-0.05, 0) is 52.2 Å². The first-order valence-electron chi connectivity index (χ1n) is 12.9. The molecule has 0 spiro atoms. The molecule has 2 aromatic carbocycles. The molecule has 2 aromatic heterocycles. The van der Waals surface area contributed by atoms with Gasteiger partial charge in [-0.1, -0.05) is 6.58 Å². The standard InChI is InChI=1S/C29H34FN7O4/c1-16(2)37-23-13-18(12-20(30)26(23)35-29(37)40-7)21-8-9-32-28(33-21)34-22-14-19(17(3)27(31)38)24(15-25(22)39-6)41-11-10-36(4)5/h8-9,12-16H,3,10-11H2,1-2,4-7H3,(H2,31,38)(H,32,33,34). The van der Waals surface area contributed by atoms with Crippen molar-refractivity contribution < 1.29 is 23.4 Å². The fourth-order valence-electron chi connectivity index (χ4n) is 4.28. The first-order valence-corrected chi connectivity index (χ1v) is 12.9. The third-order valence-electron chi connectivity index (χ3n) is 6.33. The third-order valence-corrected chi connectivity index (χ3v) is 6.33. The van der Waals surface area contributed by atoms with Crippen molar-refractivity contribution in [2.45, 2.75) is 19.9 Å². The molecular formula is C29H34FN7O4. The number of fused-ring (bicyclic) bond motifs is 1. The van der Waals surface area contributed by atoms with Crippen molar-refractivity contribution in [2.75, 3.05) is 46.8 Å². The van der Waals surface area contributed by atoms with E-state index in [9.17, 15) is 4.79 Å². The van der Waals surface area contributed by atoms with Gasteiger partial charge in [0.1, 0.15) is 23.6 Å². The molecule has 2 heterocycles. The summed E-state index contributed by atoms with van der Waals surface area (Å²) in [5, 5.41) is 3.13. The van der Waals surface area contributed by atoms with E-state index >= 15 is 4.39 Å². The van der Waals surface area contributed by atoms with Crippen molar-refractivity contribution >= 4 is 34.1 Å². The van der Waals surface area contributed by atoms with E-state index in [4.69, 9.17) is 19.9 Å². The second-order valence-electron chi connectivity index (χ2n) is 9.82. The number of methoxy groups -OCH3 is 2. The van der Waals surface area contributed by atoms with Gasteiger partial charge in [0.25, 0.3) is 6.01 Å². The van der Waals surface area contributed by atoms with Gasteiger partial charge >= 0.3 is 0 Å². The van der Waals surface area contributed by atoms with E-state index in [2.05, 4.69) is 26.8 Å². The molecule has 0 bridgehead atoms. The fourth-order valence-corrected chi connectivity index (χ4v) is 4.28. The molecule has 41 heavy (non-hydrogen) atoms. The SMILES string of the molecule is C=C(C(N)=O)c1cc(Nc2nccc(-c3cc(F)c4nc(OC)n(C(C)C)c4c3)n2)c(OC)cc1OCCN(C)C. The Morgan fingerprint density at radius 3 is 2.54 bits per heavy atom. The van der Waals surface area contributed by atoms with Crippen LogP contribution in [-0.2, 0) is 4.79 Å². The average Bonchev–Trinajstić information content (AvgIpc) is 3.32. The zero-order valence-electron chi connectivity index (χ0n) is 24.0. The van der Waals surface area contributed by atoms with E-state index in [-0.39, 0.29) is 23.1 Å². The summed E-state index contributed by atoms with van der Waals surface area (Å²) in [7, 11) is 6.86. The number of ether oxygens (including phenoxy) is 3. The number of nitrogens with one attached hydrogen (secondary N) is 1. The summed E-state index contributed by atoms with van der Waals surface area (Å²) in [5.74, 6) is -0.155. The maximum Gasteiger partial charge on any atom is 0.297 e. The molecule has 0 radical (unpaired) electrons. The van der Waals surface area contributed by atoms with Gasteiger partial charge in [-0.3, -0.25) is 9.36 Å². The minimum Gasteiger partial charge on any atom is -0.494 e. The van der Waals surface area contributed by atoms with Crippen LogP contribution < -0.4 is 25.3 Å². The normalized spacial score (nSPS) is 11.2. The number of carbonyl (C=O) groups excluding carboxylic acids is 1. The molecule has 12 heteroatoms. The molecule has 4 aromatic rings. The van der Waals surface area contributed by atoms with Crippen molar-refractivity contribution in [3.63, 3.8) is 0 Å². The first-order chi connectivity index (χ1) is 19.5. The maximum atomic E-state index is 15.2. The maximum absolute atomic E-state index is 15.2. The Labute approximate surface area is 237 Å². The highest BCUT2D eigenvalue weighted by Gasteiger charge is 2.20. The van der Waals surface area contributed by atoms with Gasteiger partial charge in [-0.15, -0.1) is 0 Å². The van der Waals surface area contributed by atoms with E-state index in [1.54, 1.807) is 24.4 Å². The second kappa shape index (κ2) is 12.2. The summed E-state index contributed by atoms with van der Waals surface area (Å²) in [4.78, 5) is 27.2. The average molecular weight is 564 g/mol. The molecule has 0 aliphatic heterocycles. The lowest BCUT2D eigenvalue weighted by Gasteiger charge is -2.18. The van der Waals surface area contributed by atoms with Crippen molar-refractivity contribution in [1.29, 1.82) is 0 Å². The smallest absolute Gasteiger partial charge is 0.297 e. The molecule has 0 fully saturated rings. The third kappa shape index (κ3) is 6.22. The molecule has 0 saturated carbocycles. The van der Waals surface area contributed by atoms with Crippen LogP contribution in [0.3, 0.4) is 0 Å². The highest BCUT2D eigenvalue weighted by atomic mass is 19.1. The first kappa shape index (κ1) is 29.3. The zero-order valence-corrected chi connectivity index (χ0v) is 24.0. The zero-order chi connectivity index (χ0) is 29.8. The van der Waals surface area contributed by atoms with Crippen LogP contribution >= 0.6 is 0 Å². The lowest BCUT2D eigenvalue weighted by atomic mass is 10.0. The van der Waals surface area contributed by atoms with Crippen LogP contribution in [0.2, 0.25) is 0 Å². The molecule has 0 atom stereocenters. The number of hydrogen-bond acceptors (Lipinski definition) is 9. The number of nitrogens with two attached hydrogens (primary N) is 1. The summed E-state index contributed by atoms with van der Waals surface area (Å²) in [6, 6.07) is 8.47. The Morgan fingerprint density at radius 1 is 1.15 bits per heavy atom. The van der Waals surface area contributed by atoms with Gasteiger partial charge in [0.15, 0.2) is 5.82 Å². The van der Waals surface area contributed by atoms with Crippen LogP contribution in [0.1, 0.15) is 25.5 Å². The summed E-state index contributed by atoms with van der Waals surface area (Å²) >= 11 is 0. The van der Waals surface area contributed by atoms with E-state index in [0.29, 0.717) is 58.7 Å². The van der Waals surface area contributed by atoms with Crippen LogP contribution in [0.15, 0.2) is 43.1 Å². The number of amides is 1. The Bertz CT molecular complexity index is 1600. The number of nitrogens with zero attached hydrogens (tertiary/aromatic N) is 5. The number of anilines is 2. The van der Waals surface area contributed by atoms with E-state index in [0.717, 1.165) is 0 Å². The van der Waals surface area contributed by atoms with Gasteiger partial charge < -0.3 is 30.2 Å². The summed E-state index contributed by atoms with van der Waals surface area (Å²) in [6.45, 7) is 8.79. The van der Waals surface area contributed by atoms with Crippen molar-refractivity contribution in [1.82, 2.24) is 24.4 Å². The summed E-state index contributed by atoms with van der Waals surface area (Å²) in [6.07, 6.45) is 1.56. The van der Waals surface area contributed by atoms with Gasteiger partial charge in [0.05, 0.1) is 31.1 Å². The molecule has 0 unspecified atom stereocenters. The van der Waals surface area contributed by atoms with Gasteiger partial charge in [-0.2, -0.15) is 4.98 Å². The van der Waals surface area contributed by atoms with Gasteiger partial charge in [-0.25, -0.2) is 14.4 Å². The predicted molar refractivity (Wildman–Crippen MR) is 156 cm³/mol. The number of hydrogen-bond donors (Lipinski definition) is 2. The van der Waals surface area contributed by atoms with Crippen LogP contribution in [-0.4, -0.2) is 71.8 Å². The van der Waals surface area contributed by atoms with Crippen LogP contribution in [0.25, 0.3) is 27.9 Å². The molecule has 4 rings (SSSR count). The van der Waals surface area contributed by atoms with Crippen molar-refractivity contribution in [3.05, 3.63) is 54.5 Å². The Morgan fingerprint density at radius 2 is 1.90 bits per heavy atom. The number of carbonyl (C=O) groups is 1. The largest absolute Gasteiger partial charge is 0.494 e. The number of primary amides is 1. The van der Waals surface area contributed by atoms with E-state index < -0.39 is 11.7 Å². The van der Waals surface area contributed by atoms with Gasteiger partial charge in [0.2, 0.25) is 11.9 Å². The quantitative estimate of drug-likeness (QED) is 0.241. The Hall–Kier alpha value is -4.71. The molecule has 11 nitrogen and oxygen atoms in total. The lowest BCUT2D eigenvalue weighted by Crippen LogP contribution is -2.20. The minimum atomic E-state index is -0.688. The number of aromatic nitrogens is 4. The minimum absolute atomic E-state index is 0.0149. The highest BCUT2D eigenvalue weighted by molar-refractivity contribution is 6.19. The van der Waals surface area contributed by atoms with E-state index in [1.807, 2.05) is 43.5 Å². The number of halogens is 1. The number of rotatable bonds is 12. The molecule has 0 saturated heterocycles. The summed E-state index contributed by atoms with van der Waals surface area (Å²) in [5.41, 5.74) is 8.27. The molecule has 1 amide bonds. The topological polar surface area (TPSA) is 130 Å². The molecule has 0 aliphatic carbocycles. The van der Waals surface area contributed by atoms with Crippen LogP contribution in [0, 0.1) is 5.82 Å². The van der Waals surface area contributed by atoms with Crippen molar-refractivity contribution in [3.8, 4) is 28.8 Å². The van der Waals surface area contributed by atoms with Gasteiger partial charge in [0, 0.05) is 41.5 Å². The molecule has 0 aliphatic rings. The second-order valence-corrected chi connectivity index (χ2v) is 9.82. The predicted octanol–water partition coefficient (Wildman–Crippen LogP) is 4.41. The number of likely N-dealkylation sites (N-methyl/N-ethyl adjacent to an activating group) is 1. The van der Waals surface area contributed by atoms with Crippen molar-refractivity contribution in [2.24, 2.45) is 5.73 Å². The van der Waals surface area contributed by atoms with E-state index in [1.165, 1.54) is 20.3 Å². The monoisotopic (exact) mass is 563 g/mol. The Kier molecular flexibility index (Phi) is 8.72. The van der Waals surface area contributed by atoms with Crippen LogP contribution in [0.4, 0.5) is 16.0 Å². The summed E-state index contributed by atoms with van der Waals surface area (Å²) < 4.78 is 33.9. The molecular weight excluding hydrogens is 529 g/mol. The fraction of sp³-hybridized carbons (Fsp3) is 0.310. The number of benzene rings is 2. The molecule has 216 valence electrons. The van der Waals surface area contributed by atoms with Crippen LogP contribution in [0.5, 0.6) is 17.5 Å².